The summed E-state index contributed by atoms with van der Waals surface area (Å²) in [4.78, 5) is 29.2. The number of anilines is 3. The smallest absolute Gasteiger partial charge is 0.246 e. The van der Waals surface area contributed by atoms with Crippen LogP contribution in [0.5, 0.6) is 0 Å². The lowest BCUT2D eigenvalue weighted by molar-refractivity contribution is -0.125. The van der Waals surface area contributed by atoms with E-state index in [2.05, 4.69) is 26.8 Å². The second-order valence-electron chi connectivity index (χ2n) is 7.32. The molecule has 1 aromatic carbocycles. The zero-order valence-corrected chi connectivity index (χ0v) is 18.9. The van der Waals surface area contributed by atoms with Crippen LogP contribution in [-0.4, -0.2) is 51.4 Å². The first-order valence-electron chi connectivity index (χ1n) is 10.1. The topological polar surface area (TPSA) is 74.2 Å². The van der Waals surface area contributed by atoms with E-state index in [1.807, 2.05) is 19.1 Å². The second-order valence-corrected chi connectivity index (χ2v) is 8.11. The largest absolute Gasteiger partial charge is 0.352 e. The Balaban J connectivity index is 1.67. The van der Waals surface area contributed by atoms with Crippen molar-refractivity contribution in [1.82, 2.24) is 19.9 Å². The van der Waals surface area contributed by atoms with Crippen molar-refractivity contribution in [2.45, 2.75) is 19.4 Å². The summed E-state index contributed by atoms with van der Waals surface area (Å²) in [6, 6.07) is 6.86. The summed E-state index contributed by atoms with van der Waals surface area (Å²) in [5.41, 5.74) is 1.23. The van der Waals surface area contributed by atoms with Gasteiger partial charge in [0.2, 0.25) is 5.91 Å². The summed E-state index contributed by atoms with van der Waals surface area (Å²) in [5.74, 6) is 0.333. The second kappa shape index (κ2) is 9.26. The summed E-state index contributed by atoms with van der Waals surface area (Å²) in [6.45, 7) is 7.58. The highest BCUT2D eigenvalue weighted by atomic mass is 35.5. The minimum absolute atomic E-state index is 0.0708. The summed E-state index contributed by atoms with van der Waals surface area (Å²) in [7, 11) is 0. The van der Waals surface area contributed by atoms with Gasteiger partial charge in [0.25, 0.3) is 0 Å². The monoisotopic (exact) mass is 474 g/mol. The molecule has 3 heterocycles. The van der Waals surface area contributed by atoms with Crippen LogP contribution in [-0.2, 0) is 4.79 Å². The maximum atomic E-state index is 14.6. The Morgan fingerprint density at radius 2 is 2.16 bits per heavy atom. The fourth-order valence-corrected chi connectivity index (χ4v) is 4.17. The highest BCUT2D eigenvalue weighted by molar-refractivity contribution is 6.42. The molecule has 0 spiro atoms. The number of likely N-dealkylation sites (N-methyl/N-ethyl adjacent to an activating group) is 1. The zero-order valence-electron chi connectivity index (χ0n) is 17.4. The number of halogens is 3. The molecule has 10 heteroatoms. The Bertz CT molecular complexity index is 1190. The molecule has 7 nitrogen and oxygen atoms in total. The quantitative estimate of drug-likeness (QED) is 0.407. The van der Waals surface area contributed by atoms with Crippen LogP contribution in [0.2, 0.25) is 10.0 Å². The van der Waals surface area contributed by atoms with Crippen molar-refractivity contribution in [2.75, 3.05) is 29.9 Å². The van der Waals surface area contributed by atoms with E-state index >= 15 is 0 Å². The third-order valence-electron chi connectivity index (χ3n) is 5.48. The average molecular weight is 475 g/mol. The number of pyridine rings is 1. The molecule has 0 bridgehead atoms. The molecule has 1 atom stereocenters. The first-order chi connectivity index (χ1) is 15.4. The number of rotatable bonds is 6. The van der Waals surface area contributed by atoms with Gasteiger partial charge in [0.05, 0.1) is 21.2 Å². The van der Waals surface area contributed by atoms with Gasteiger partial charge in [-0.3, -0.25) is 4.79 Å². The van der Waals surface area contributed by atoms with Gasteiger partial charge in [-0.15, -0.1) is 0 Å². The van der Waals surface area contributed by atoms with E-state index in [1.165, 1.54) is 24.5 Å². The first-order valence-corrected chi connectivity index (χ1v) is 10.9. The Labute approximate surface area is 194 Å². The van der Waals surface area contributed by atoms with Crippen molar-refractivity contribution in [3.05, 3.63) is 59.1 Å². The normalized spacial score (nSPS) is 15.8. The van der Waals surface area contributed by atoms with Crippen molar-refractivity contribution in [2.24, 2.45) is 0 Å². The molecule has 0 saturated carbocycles. The van der Waals surface area contributed by atoms with E-state index in [9.17, 15) is 9.18 Å². The zero-order chi connectivity index (χ0) is 22.8. The van der Waals surface area contributed by atoms with Crippen LogP contribution in [0.1, 0.15) is 13.3 Å². The highest BCUT2D eigenvalue weighted by Gasteiger charge is 2.29. The van der Waals surface area contributed by atoms with Crippen molar-refractivity contribution in [3.63, 3.8) is 0 Å². The number of amides is 1. The Hall–Kier alpha value is -2.97. The fourth-order valence-electron chi connectivity index (χ4n) is 3.86. The van der Waals surface area contributed by atoms with Crippen LogP contribution in [0, 0.1) is 5.82 Å². The van der Waals surface area contributed by atoms with Crippen molar-refractivity contribution in [3.8, 4) is 0 Å². The van der Waals surface area contributed by atoms with Gasteiger partial charge >= 0.3 is 0 Å². The van der Waals surface area contributed by atoms with Crippen LogP contribution in [0.4, 0.5) is 21.7 Å². The number of likely N-dealkylation sites (tertiary alicyclic amines) is 1. The van der Waals surface area contributed by atoms with Gasteiger partial charge in [0, 0.05) is 25.7 Å². The molecular formula is C22H21Cl2FN6O. The standard InChI is InChI=1S/C22H21Cl2FN6O/c1-3-18(32)30-10-9-13(11-30)31(4-2)17-8-7-16-21(29-17)22(27-12-26-16)28-15-6-5-14(23)19(24)20(15)25/h3,5-8,12-13H,1,4,9-11H2,2H3,(H,26,27,28). The lowest BCUT2D eigenvalue weighted by atomic mass is 10.2. The molecule has 0 aliphatic carbocycles. The number of nitrogens with one attached hydrogen (secondary N) is 1. The molecule has 4 rings (SSSR count). The Kier molecular flexibility index (Phi) is 6.43. The molecule has 2 aromatic heterocycles. The Morgan fingerprint density at radius 3 is 2.91 bits per heavy atom. The molecule has 1 fully saturated rings. The number of hydrogen-bond donors (Lipinski definition) is 1. The minimum atomic E-state index is -0.671. The van der Waals surface area contributed by atoms with Gasteiger partial charge in [-0.2, -0.15) is 0 Å². The molecule has 0 radical (unpaired) electrons. The predicted octanol–water partition coefficient (Wildman–Crippen LogP) is 4.83. The number of carbonyl (C=O) groups is 1. The van der Waals surface area contributed by atoms with Gasteiger partial charge in [0.1, 0.15) is 17.7 Å². The molecule has 1 aliphatic rings. The van der Waals surface area contributed by atoms with Crippen LogP contribution >= 0.6 is 23.2 Å². The van der Waals surface area contributed by atoms with E-state index in [-0.39, 0.29) is 27.7 Å². The molecule has 166 valence electrons. The van der Waals surface area contributed by atoms with Crippen LogP contribution in [0.3, 0.4) is 0 Å². The number of benzene rings is 1. The van der Waals surface area contributed by atoms with Gasteiger partial charge in [-0.05, 0) is 43.7 Å². The van der Waals surface area contributed by atoms with Crippen LogP contribution in [0.25, 0.3) is 11.0 Å². The van der Waals surface area contributed by atoms with Crippen LogP contribution in [0.15, 0.2) is 43.2 Å². The minimum Gasteiger partial charge on any atom is -0.352 e. The summed E-state index contributed by atoms with van der Waals surface area (Å²) in [6.07, 6.45) is 3.55. The summed E-state index contributed by atoms with van der Waals surface area (Å²) < 4.78 is 14.6. The van der Waals surface area contributed by atoms with E-state index in [1.54, 1.807) is 4.90 Å². The predicted molar refractivity (Wildman–Crippen MR) is 125 cm³/mol. The number of nitrogens with zero attached hydrogens (tertiary/aromatic N) is 5. The molecular weight excluding hydrogens is 454 g/mol. The van der Waals surface area contributed by atoms with E-state index < -0.39 is 5.82 Å². The number of hydrogen-bond acceptors (Lipinski definition) is 6. The van der Waals surface area contributed by atoms with E-state index in [0.29, 0.717) is 36.5 Å². The molecule has 3 aromatic rings. The fraction of sp³-hybridized carbons (Fsp3) is 0.273. The molecule has 1 aliphatic heterocycles. The molecule has 1 N–H and O–H groups in total. The molecule has 32 heavy (non-hydrogen) atoms. The van der Waals surface area contributed by atoms with Crippen molar-refractivity contribution >= 4 is 57.5 Å². The number of aromatic nitrogens is 3. The number of fused-ring (bicyclic) bond motifs is 1. The van der Waals surface area contributed by atoms with Gasteiger partial charge < -0.3 is 15.1 Å². The first kappa shape index (κ1) is 22.2. The van der Waals surface area contributed by atoms with Crippen molar-refractivity contribution < 1.29 is 9.18 Å². The van der Waals surface area contributed by atoms with Crippen molar-refractivity contribution in [1.29, 1.82) is 0 Å². The van der Waals surface area contributed by atoms with Gasteiger partial charge in [0.15, 0.2) is 11.6 Å². The average Bonchev–Trinajstić information content (AvgIpc) is 3.29. The molecule has 1 saturated heterocycles. The SMILES string of the molecule is C=CC(=O)N1CCC(N(CC)c2ccc3ncnc(Nc4ccc(Cl)c(Cl)c4F)c3n2)C1. The lowest BCUT2D eigenvalue weighted by Gasteiger charge is -2.29. The molecule has 1 unspecified atom stereocenters. The highest BCUT2D eigenvalue weighted by Crippen LogP contribution is 2.33. The molecule has 1 amide bonds. The Morgan fingerprint density at radius 1 is 1.34 bits per heavy atom. The third kappa shape index (κ3) is 4.20. The third-order valence-corrected chi connectivity index (χ3v) is 6.26. The maximum absolute atomic E-state index is 14.6. The summed E-state index contributed by atoms with van der Waals surface area (Å²) in [5, 5.41) is 2.91. The lowest BCUT2D eigenvalue weighted by Crippen LogP contribution is -2.39. The maximum Gasteiger partial charge on any atom is 0.246 e. The van der Waals surface area contributed by atoms with Gasteiger partial charge in [-0.25, -0.2) is 19.3 Å². The summed E-state index contributed by atoms with van der Waals surface area (Å²) >= 11 is 11.8. The number of carbonyl (C=O) groups excluding carboxylic acids is 1. The van der Waals surface area contributed by atoms with Crippen LogP contribution < -0.4 is 10.2 Å². The van der Waals surface area contributed by atoms with E-state index in [0.717, 1.165) is 12.2 Å². The van der Waals surface area contributed by atoms with Gasteiger partial charge in [-0.1, -0.05) is 29.8 Å². The van der Waals surface area contributed by atoms with E-state index in [4.69, 9.17) is 28.2 Å².